The maximum absolute atomic E-state index is 11.0. The first-order valence-electron chi connectivity index (χ1n) is 5.05. The third-order valence-electron chi connectivity index (χ3n) is 2.55. The van der Waals surface area contributed by atoms with Crippen LogP contribution in [-0.2, 0) is 4.79 Å². The number of hydrogen-bond donors (Lipinski definition) is 1. The number of hydrogen-bond acceptors (Lipinski definition) is 1. The lowest BCUT2D eigenvalue weighted by Crippen LogP contribution is -2.24. The molecule has 0 saturated heterocycles. The third kappa shape index (κ3) is 2.45. The zero-order valence-electron chi connectivity index (χ0n) is 9.80. The van der Waals surface area contributed by atoms with E-state index in [9.17, 15) is 4.79 Å². The van der Waals surface area contributed by atoms with Gasteiger partial charge in [-0.15, -0.1) is 11.6 Å². The van der Waals surface area contributed by atoms with E-state index < -0.39 is 11.3 Å². The molecule has 0 bridgehead atoms. The van der Waals surface area contributed by atoms with Crippen molar-refractivity contribution in [2.45, 2.75) is 26.1 Å². The number of aryl methyl sites for hydroxylation is 3. The summed E-state index contributed by atoms with van der Waals surface area (Å²) in [5, 5.41) is -0.847. The molecule has 0 radical (unpaired) electrons. The quantitative estimate of drug-likeness (QED) is 0.808. The highest BCUT2D eigenvalue weighted by Crippen LogP contribution is 2.27. The van der Waals surface area contributed by atoms with Gasteiger partial charge in [0.15, 0.2) is 0 Å². The van der Waals surface area contributed by atoms with Crippen LogP contribution in [0.5, 0.6) is 0 Å². The Labute approximate surface area is 101 Å². The number of rotatable bonds is 3. The Morgan fingerprint density at radius 1 is 1.31 bits per heavy atom. The van der Waals surface area contributed by atoms with Crippen molar-refractivity contribution in [3.8, 4) is 0 Å². The topological polar surface area (TPSA) is 43.1 Å². The molecule has 1 amide bonds. The molecule has 1 aromatic carbocycles. The van der Waals surface area contributed by atoms with Crippen molar-refractivity contribution in [2.24, 2.45) is 5.73 Å². The largest absolute Gasteiger partial charge is 0.368 e. The van der Waals surface area contributed by atoms with E-state index in [0.29, 0.717) is 5.57 Å². The third-order valence-corrected chi connectivity index (χ3v) is 3.03. The molecule has 16 heavy (non-hydrogen) atoms. The fraction of sp³-hybridized carbons (Fsp3) is 0.308. The van der Waals surface area contributed by atoms with Crippen molar-refractivity contribution in [3.05, 3.63) is 41.0 Å². The van der Waals surface area contributed by atoms with Crippen LogP contribution >= 0.6 is 11.6 Å². The van der Waals surface area contributed by atoms with Gasteiger partial charge in [0.05, 0.1) is 0 Å². The second kappa shape index (κ2) is 4.71. The minimum atomic E-state index is -0.847. The number of carbonyl (C=O) groups is 1. The van der Waals surface area contributed by atoms with Crippen LogP contribution in [0.15, 0.2) is 18.7 Å². The monoisotopic (exact) mass is 237 g/mol. The molecule has 0 aliphatic heterocycles. The Bertz CT molecular complexity index is 428. The van der Waals surface area contributed by atoms with Crippen LogP contribution in [0, 0.1) is 20.8 Å². The molecule has 0 aliphatic carbocycles. The van der Waals surface area contributed by atoms with Crippen LogP contribution in [0.4, 0.5) is 0 Å². The highest BCUT2D eigenvalue weighted by atomic mass is 35.5. The lowest BCUT2D eigenvalue weighted by Gasteiger charge is -2.16. The smallest absolute Gasteiger partial charge is 0.240 e. The van der Waals surface area contributed by atoms with E-state index in [1.807, 2.05) is 32.9 Å². The first-order chi connectivity index (χ1) is 7.34. The predicted molar refractivity (Wildman–Crippen MR) is 68.5 cm³/mol. The SMILES string of the molecule is C=C(c1c(C)cc(C)cc1C)C(Cl)C(N)=O. The normalized spacial score (nSPS) is 12.2. The second-order valence-corrected chi connectivity index (χ2v) is 4.50. The fourth-order valence-electron chi connectivity index (χ4n) is 1.98. The Balaban J connectivity index is 3.24. The zero-order chi connectivity index (χ0) is 12.5. The molecule has 0 saturated carbocycles. The zero-order valence-corrected chi connectivity index (χ0v) is 10.6. The summed E-state index contributed by atoms with van der Waals surface area (Å²) >= 11 is 5.91. The maximum Gasteiger partial charge on any atom is 0.240 e. The summed E-state index contributed by atoms with van der Waals surface area (Å²) in [5.41, 5.74) is 9.99. The van der Waals surface area contributed by atoms with Crippen LogP contribution < -0.4 is 5.73 Å². The summed E-state index contributed by atoms with van der Waals surface area (Å²) < 4.78 is 0. The first kappa shape index (κ1) is 12.8. The van der Waals surface area contributed by atoms with Gasteiger partial charge in [0.25, 0.3) is 0 Å². The summed E-state index contributed by atoms with van der Waals surface area (Å²) in [6, 6.07) is 4.08. The van der Waals surface area contributed by atoms with Crippen LogP contribution in [0.25, 0.3) is 5.57 Å². The lowest BCUT2D eigenvalue weighted by atomic mass is 9.92. The van der Waals surface area contributed by atoms with Crippen LogP contribution in [-0.4, -0.2) is 11.3 Å². The Morgan fingerprint density at radius 2 is 1.75 bits per heavy atom. The molecule has 1 atom stereocenters. The van der Waals surface area contributed by atoms with Gasteiger partial charge in [-0.1, -0.05) is 24.3 Å². The van der Waals surface area contributed by atoms with Gasteiger partial charge in [-0.2, -0.15) is 0 Å². The number of primary amides is 1. The number of benzene rings is 1. The molecule has 1 rings (SSSR count). The predicted octanol–water partition coefficient (Wildman–Crippen LogP) is 2.72. The minimum absolute atomic E-state index is 0.564. The molecule has 0 heterocycles. The second-order valence-electron chi connectivity index (χ2n) is 4.06. The molecule has 0 aliphatic rings. The number of alkyl halides is 1. The van der Waals surface area contributed by atoms with Crippen LogP contribution in [0.1, 0.15) is 22.3 Å². The maximum atomic E-state index is 11.0. The summed E-state index contributed by atoms with van der Waals surface area (Å²) in [5.74, 6) is -0.564. The number of carbonyl (C=O) groups excluding carboxylic acids is 1. The minimum Gasteiger partial charge on any atom is -0.368 e. The number of amides is 1. The summed E-state index contributed by atoms with van der Waals surface area (Å²) in [4.78, 5) is 11.0. The molecule has 0 aromatic heterocycles. The van der Waals surface area contributed by atoms with Crippen molar-refractivity contribution in [2.75, 3.05) is 0 Å². The van der Waals surface area contributed by atoms with E-state index in [0.717, 1.165) is 16.7 Å². The molecular formula is C13H16ClNO. The molecule has 0 spiro atoms. The first-order valence-corrected chi connectivity index (χ1v) is 5.48. The van der Waals surface area contributed by atoms with Crippen LogP contribution in [0.2, 0.25) is 0 Å². The molecule has 0 fully saturated rings. The Morgan fingerprint density at radius 3 is 2.12 bits per heavy atom. The highest BCUT2D eigenvalue weighted by Gasteiger charge is 2.19. The molecule has 1 aromatic rings. The van der Waals surface area contributed by atoms with Crippen molar-refractivity contribution in [1.82, 2.24) is 0 Å². The molecule has 2 N–H and O–H groups in total. The van der Waals surface area contributed by atoms with E-state index in [1.165, 1.54) is 5.56 Å². The summed E-state index contributed by atoms with van der Waals surface area (Å²) in [6.07, 6.45) is 0. The molecule has 2 nitrogen and oxygen atoms in total. The van der Waals surface area contributed by atoms with Gasteiger partial charge >= 0.3 is 0 Å². The Hall–Kier alpha value is -1.28. The molecule has 1 unspecified atom stereocenters. The van der Waals surface area contributed by atoms with Crippen molar-refractivity contribution in [1.29, 1.82) is 0 Å². The van der Waals surface area contributed by atoms with Crippen LogP contribution in [0.3, 0.4) is 0 Å². The van der Waals surface area contributed by atoms with Gasteiger partial charge in [0.2, 0.25) is 5.91 Å². The van der Waals surface area contributed by atoms with E-state index in [2.05, 4.69) is 6.58 Å². The van der Waals surface area contributed by atoms with E-state index in [-0.39, 0.29) is 0 Å². The molecular weight excluding hydrogens is 222 g/mol. The standard InChI is InChI=1S/C13H16ClNO/c1-7-5-8(2)11(9(3)6-7)10(4)12(14)13(15)16/h5-6,12H,4H2,1-3H3,(H2,15,16). The highest BCUT2D eigenvalue weighted by molar-refractivity contribution is 6.36. The van der Waals surface area contributed by atoms with E-state index in [1.54, 1.807) is 0 Å². The van der Waals surface area contributed by atoms with Gasteiger partial charge in [-0.05, 0) is 43.0 Å². The number of halogens is 1. The Kier molecular flexibility index (Phi) is 3.76. The fourth-order valence-corrected chi connectivity index (χ4v) is 2.09. The summed E-state index contributed by atoms with van der Waals surface area (Å²) in [7, 11) is 0. The van der Waals surface area contributed by atoms with Gasteiger partial charge in [0, 0.05) is 0 Å². The van der Waals surface area contributed by atoms with Gasteiger partial charge in [-0.25, -0.2) is 0 Å². The molecule has 3 heteroatoms. The lowest BCUT2D eigenvalue weighted by molar-refractivity contribution is -0.116. The summed E-state index contributed by atoms with van der Waals surface area (Å²) in [6.45, 7) is 9.85. The van der Waals surface area contributed by atoms with Crippen molar-refractivity contribution < 1.29 is 4.79 Å². The van der Waals surface area contributed by atoms with E-state index in [4.69, 9.17) is 17.3 Å². The average Bonchev–Trinajstić information content (AvgIpc) is 2.14. The van der Waals surface area contributed by atoms with Gasteiger partial charge < -0.3 is 5.73 Å². The van der Waals surface area contributed by atoms with Crippen molar-refractivity contribution in [3.63, 3.8) is 0 Å². The van der Waals surface area contributed by atoms with E-state index >= 15 is 0 Å². The average molecular weight is 238 g/mol. The van der Waals surface area contributed by atoms with Crippen molar-refractivity contribution >= 4 is 23.1 Å². The number of nitrogens with two attached hydrogens (primary N) is 1. The van der Waals surface area contributed by atoms with Gasteiger partial charge in [0.1, 0.15) is 5.38 Å². The molecule has 86 valence electrons. The van der Waals surface area contributed by atoms with Gasteiger partial charge in [-0.3, -0.25) is 4.79 Å².